The summed E-state index contributed by atoms with van der Waals surface area (Å²) in [6, 6.07) is 7.40. The maximum absolute atomic E-state index is 12.1. The maximum atomic E-state index is 12.1. The van der Waals surface area contributed by atoms with Crippen molar-refractivity contribution in [2.45, 2.75) is 26.4 Å². The summed E-state index contributed by atoms with van der Waals surface area (Å²) in [6.07, 6.45) is 0. The highest BCUT2D eigenvalue weighted by atomic mass is 32.1. The molecule has 1 atom stereocenters. The Labute approximate surface area is 116 Å². The van der Waals surface area contributed by atoms with E-state index in [0.717, 1.165) is 4.88 Å². The molecule has 3 N–H and O–H groups in total. The Morgan fingerprint density at radius 2 is 2.21 bits per heavy atom. The second-order valence-electron chi connectivity index (χ2n) is 4.68. The average Bonchev–Trinajstić information content (AvgIpc) is 3.05. The lowest BCUT2D eigenvalue weighted by Crippen LogP contribution is -2.30. The molecular formula is C14H18N2O2S. The Morgan fingerprint density at radius 1 is 1.42 bits per heavy atom. The summed E-state index contributed by atoms with van der Waals surface area (Å²) in [5.41, 5.74) is 5.47. The van der Waals surface area contributed by atoms with E-state index >= 15 is 0 Å². The molecule has 102 valence electrons. The first kappa shape index (κ1) is 13.8. The van der Waals surface area contributed by atoms with Crippen LogP contribution in [0, 0.1) is 5.92 Å². The fourth-order valence-corrected chi connectivity index (χ4v) is 2.81. The number of nitrogens with one attached hydrogen (secondary N) is 1. The fraction of sp³-hybridized carbons (Fsp3) is 0.357. The Hall–Kier alpha value is -1.59. The van der Waals surface area contributed by atoms with Crippen molar-refractivity contribution in [3.63, 3.8) is 0 Å². The molecule has 0 aliphatic rings. The second kappa shape index (κ2) is 6.04. The number of hydrogen-bond acceptors (Lipinski definition) is 4. The van der Waals surface area contributed by atoms with Crippen LogP contribution in [0.15, 0.2) is 34.1 Å². The monoisotopic (exact) mass is 278 g/mol. The van der Waals surface area contributed by atoms with Crippen LogP contribution in [0.25, 0.3) is 0 Å². The van der Waals surface area contributed by atoms with E-state index < -0.39 is 0 Å². The molecule has 0 spiro atoms. The van der Waals surface area contributed by atoms with Gasteiger partial charge in [0.2, 0.25) is 0 Å². The van der Waals surface area contributed by atoms with Crippen LogP contribution in [0.1, 0.15) is 41.1 Å². The van der Waals surface area contributed by atoms with E-state index in [0.29, 0.717) is 24.0 Å². The van der Waals surface area contributed by atoms with E-state index in [9.17, 15) is 4.79 Å². The van der Waals surface area contributed by atoms with E-state index in [1.54, 1.807) is 23.5 Å². The highest BCUT2D eigenvalue weighted by Crippen LogP contribution is 2.26. The standard InChI is InChI=1S/C14H18N2O2S/c1-9(2)13(12-4-3-7-19-12)16-14(17)11-6-5-10(8-15)18-11/h3-7,9,13H,8,15H2,1-2H3,(H,16,17). The number of carbonyl (C=O) groups is 1. The van der Waals surface area contributed by atoms with Gasteiger partial charge in [0.1, 0.15) is 5.76 Å². The van der Waals surface area contributed by atoms with Crippen LogP contribution in [0.5, 0.6) is 0 Å². The number of furan rings is 1. The number of carbonyl (C=O) groups excluding carboxylic acids is 1. The smallest absolute Gasteiger partial charge is 0.287 e. The zero-order valence-corrected chi connectivity index (χ0v) is 11.9. The molecular weight excluding hydrogens is 260 g/mol. The van der Waals surface area contributed by atoms with Crippen LogP contribution < -0.4 is 11.1 Å². The molecule has 4 nitrogen and oxygen atoms in total. The van der Waals surface area contributed by atoms with Gasteiger partial charge in [-0.2, -0.15) is 0 Å². The molecule has 19 heavy (non-hydrogen) atoms. The molecule has 0 saturated heterocycles. The third-order valence-electron chi connectivity index (χ3n) is 2.89. The van der Waals surface area contributed by atoms with Crippen LogP contribution in [0.4, 0.5) is 0 Å². The molecule has 0 fully saturated rings. The van der Waals surface area contributed by atoms with Gasteiger partial charge >= 0.3 is 0 Å². The molecule has 2 heterocycles. The lowest BCUT2D eigenvalue weighted by atomic mass is 10.0. The van der Waals surface area contributed by atoms with Gasteiger partial charge in [-0.25, -0.2) is 0 Å². The van der Waals surface area contributed by atoms with Crippen LogP contribution in [-0.4, -0.2) is 5.91 Å². The molecule has 0 bridgehead atoms. The number of nitrogens with two attached hydrogens (primary N) is 1. The average molecular weight is 278 g/mol. The van der Waals surface area contributed by atoms with Gasteiger partial charge in [0.15, 0.2) is 5.76 Å². The van der Waals surface area contributed by atoms with E-state index in [2.05, 4.69) is 19.2 Å². The Balaban J connectivity index is 2.11. The van der Waals surface area contributed by atoms with Crippen molar-refractivity contribution < 1.29 is 9.21 Å². The molecule has 0 radical (unpaired) electrons. The van der Waals surface area contributed by atoms with Crippen molar-refractivity contribution in [2.75, 3.05) is 0 Å². The van der Waals surface area contributed by atoms with Gasteiger partial charge in [-0.05, 0) is 29.5 Å². The Kier molecular flexibility index (Phi) is 4.39. The largest absolute Gasteiger partial charge is 0.455 e. The summed E-state index contributed by atoms with van der Waals surface area (Å²) in [6.45, 7) is 4.46. The van der Waals surface area contributed by atoms with E-state index in [4.69, 9.17) is 10.2 Å². The third kappa shape index (κ3) is 3.24. The van der Waals surface area contributed by atoms with Crippen molar-refractivity contribution in [3.8, 4) is 0 Å². The molecule has 5 heteroatoms. The van der Waals surface area contributed by atoms with Crippen molar-refractivity contribution in [1.82, 2.24) is 5.32 Å². The maximum Gasteiger partial charge on any atom is 0.287 e. The third-order valence-corrected chi connectivity index (χ3v) is 3.84. The van der Waals surface area contributed by atoms with Gasteiger partial charge in [0.05, 0.1) is 12.6 Å². The van der Waals surface area contributed by atoms with Crippen molar-refractivity contribution >= 4 is 17.2 Å². The molecule has 2 aromatic heterocycles. The van der Waals surface area contributed by atoms with Gasteiger partial charge in [0, 0.05) is 4.88 Å². The second-order valence-corrected chi connectivity index (χ2v) is 5.66. The molecule has 2 aromatic rings. The van der Waals surface area contributed by atoms with Gasteiger partial charge in [-0.15, -0.1) is 11.3 Å². The minimum Gasteiger partial charge on any atom is -0.455 e. The molecule has 0 saturated carbocycles. The van der Waals surface area contributed by atoms with Gasteiger partial charge < -0.3 is 15.5 Å². The van der Waals surface area contributed by atoms with Gasteiger partial charge in [0.25, 0.3) is 5.91 Å². The topological polar surface area (TPSA) is 68.3 Å². The molecule has 0 aliphatic carbocycles. The predicted molar refractivity (Wildman–Crippen MR) is 76.0 cm³/mol. The molecule has 1 amide bonds. The quantitative estimate of drug-likeness (QED) is 0.883. The fourth-order valence-electron chi connectivity index (χ4n) is 1.86. The highest BCUT2D eigenvalue weighted by molar-refractivity contribution is 7.10. The van der Waals surface area contributed by atoms with E-state index in [1.165, 1.54) is 0 Å². The lowest BCUT2D eigenvalue weighted by molar-refractivity contribution is 0.0896. The predicted octanol–water partition coefficient (Wildman–Crippen LogP) is 2.93. The highest BCUT2D eigenvalue weighted by Gasteiger charge is 2.21. The SMILES string of the molecule is CC(C)C(NC(=O)c1ccc(CN)o1)c1cccs1. The van der Waals surface area contributed by atoms with Crippen LogP contribution in [0.3, 0.4) is 0 Å². The summed E-state index contributed by atoms with van der Waals surface area (Å²) in [5, 5.41) is 5.02. The van der Waals surface area contributed by atoms with Gasteiger partial charge in [-0.1, -0.05) is 19.9 Å². The first-order valence-electron chi connectivity index (χ1n) is 6.25. The molecule has 2 rings (SSSR count). The number of rotatable bonds is 5. The zero-order chi connectivity index (χ0) is 13.8. The Bertz CT molecular complexity index is 531. The van der Waals surface area contributed by atoms with Crippen LogP contribution in [0.2, 0.25) is 0 Å². The van der Waals surface area contributed by atoms with Crippen molar-refractivity contribution in [3.05, 3.63) is 46.0 Å². The number of thiophene rings is 1. The van der Waals surface area contributed by atoms with Crippen LogP contribution >= 0.6 is 11.3 Å². The van der Waals surface area contributed by atoms with Crippen molar-refractivity contribution in [1.29, 1.82) is 0 Å². The summed E-state index contributed by atoms with van der Waals surface area (Å²) in [7, 11) is 0. The number of amides is 1. The minimum absolute atomic E-state index is 0.000994. The molecule has 0 aromatic carbocycles. The first-order valence-corrected chi connectivity index (χ1v) is 7.13. The van der Waals surface area contributed by atoms with Crippen LogP contribution in [-0.2, 0) is 6.54 Å². The summed E-state index contributed by atoms with van der Waals surface area (Å²) in [4.78, 5) is 13.3. The Morgan fingerprint density at radius 3 is 2.74 bits per heavy atom. The van der Waals surface area contributed by atoms with E-state index in [1.807, 2.05) is 17.5 Å². The lowest BCUT2D eigenvalue weighted by Gasteiger charge is -2.20. The molecule has 1 unspecified atom stereocenters. The van der Waals surface area contributed by atoms with Gasteiger partial charge in [-0.3, -0.25) is 4.79 Å². The zero-order valence-electron chi connectivity index (χ0n) is 11.1. The summed E-state index contributed by atoms with van der Waals surface area (Å²) in [5.74, 6) is 1.03. The first-order chi connectivity index (χ1) is 9.11. The molecule has 0 aliphatic heterocycles. The normalized spacial score (nSPS) is 12.6. The summed E-state index contributed by atoms with van der Waals surface area (Å²) >= 11 is 1.64. The minimum atomic E-state index is -0.202. The number of hydrogen-bond donors (Lipinski definition) is 2. The summed E-state index contributed by atoms with van der Waals surface area (Å²) < 4.78 is 5.36. The van der Waals surface area contributed by atoms with Crippen molar-refractivity contribution in [2.24, 2.45) is 11.7 Å². The van der Waals surface area contributed by atoms with E-state index in [-0.39, 0.29) is 11.9 Å².